The average molecular weight is 292 g/mol. The molecule has 20 heavy (non-hydrogen) atoms. The first-order chi connectivity index (χ1) is 9.65. The van der Waals surface area contributed by atoms with Crippen LogP contribution in [0.4, 0.5) is 0 Å². The maximum Gasteiger partial charge on any atom is 0.249 e. The highest BCUT2D eigenvalue weighted by Gasteiger charge is 2.29. The predicted octanol–water partition coefficient (Wildman–Crippen LogP) is 5.38. The molecule has 0 saturated carbocycles. The summed E-state index contributed by atoms with van der Waals surface area (Å²) in [6, 6.07) is 13.5. The zero-order valence-corrected chi connectivity index (χ0v) is 14.3. The monoisotopic (exact) mass is 292 g/mol. The Bertz CT molecular complexity index is 388. The van der Waals surface area contributed by atoms with Crippen molar-refractivity contribution in [1.82, 2.24) is 0 Å². The SMILES string of the molecule is CC[Si](CC)(CC)O/C=C(\C)CCOc1ccccc1. The summed E-state index contributed by atoms with van der Waals surface area (Å²) in [5.41, 5.74) is 1.26. The lowest BCUT2D eigenvalue weighted by molar-refractivity contribution is 0.319. The van der Waals surface area contributed by atoms with Crippen molar-refractivity contribution in [3.63, 3.8) is 0 Å². The van der Waals surface area contributed by atoms with Crippen LogP contribution in [-0.2, 0) is 4.43 Å². The van der Waals surface area contributed by atoms with Crippen LogP contribution in [0.1, 0.15) is 34.1 Å². The minimum Gasteiger partial charge on any atom is -0.549 e. The van der Waals surface area contributed by atoms with Gasteiger partial charge in [-0.25, -0.2) is 0 Å². The van der Waals surface area contributed by atoms with E-state index in [0.717, 1.165) is 12.2 Å². The molecular formula is C17H28O2Si. The highest BCUT2D eigenvalue weighted by molar-refractivity contribution is 6.73. The van der Waals surface area contributed by atoms with Gasteiger partial charge >= 0.3 is 0 Å². The van der Waals surface area contributed by atoms with Crippen LogP contribution in [-0.4, -0.2) is 14.9 Å². The van der Waals surface area contributed by atoms with E-state index in [0.29, 0.717) is 6.61 Å². The standard InChI is InChI=1S/C17H28O2Si/c1-5-20(6-2,7-3)19-15-16(4)13-14-18-17-11-9-8-10-12-17/h8-12,15H,5-7,13-14H2,1-4H3/b16-15+. The van der Waals surface area contributed by atoms with Crippen molar-refractivity contribution >= 4 is 8.32 Å². The van der Waals surface area contributed by atoms with Crippen LogP contribution < -0.4 is 4.74 Å². The Morgan fingerprint density at radius 2 is 1.65 bits per heavy atom. The van der Waals surface area contributed by atoms with Crippen LogP contribution in [0.15, 0.2) is 42.2 Å². The third kappa shape index (κ3) is 5.41. The second-order valence-electron chi connectivity index (χ2n) is 5.24. The van der Waals surface area contributed by atoms with Gasteiger partial charge in [0.2, 0.25) is 8.32 Å². The van der Waals surface area contributed by atoms with Gasteiger partial charge in [-0.15, -0.1) is 0 Å². The van der Waals surface area contributed by atoms with Crippen molar-refractivity contribution in [3.8, 4) is 5.75 Å². The van der Waals surface area contributed by atoms with Crippen molar-refractivity contribution in [1.29, 1.82) is 0 Å². The van der Waals surface area contributed by atoms with E-state index in [1.54, 1.807) is 0 Å². The largest absolute Gasteiger partial charge is 0.549 e. The first kappa shape index (κ1) is 16.8. The Morgan fingerprint density at radius 1 is 1.05 bits per heavy atom. The van der Waals surface area contributed by atoms with Crippen LogP contribution in [0.25, 0.3) is 0 Å². The zero-order valence-electron chi connectivity index (χ0n) is 13.3. The summed E-state index contributed by atoms with van der Waals surface area (Å²) >= 11 is 0. The Hall–Kier alpha value is -1.22. The number of benzene rings is 1. The molecule has 3 heteroatoms. The highest BCUT2D eigenvalue weighted by Crippen LogP contribution is 2.22. The van der Waals surface area contributed by atoms with Crippen LogP contribution in [0.2, 0.25) is 18.1 Å². The fourth-order valence-corrected chi connectivity index (χ4v) is 4.58. The minimum absolute atomic E-state index is 0.703. The van der Waals surface area contributed by atoms with Gasteiger partial charge in [-0.1, -0.05) is 39.0 Å². The van der Waals surface area contributed by atoms with Gasteiger partial charge in [0, 0.05) is 6.42 Å². The lowest BCUT2D eigenvalue weighted by Crippen LogP contribution is -2.33. The molecule has 0 radical (unpaired) electrons. The number of rotatable bonds is 9. The molecule has 0 heterocycles. The summed E-state index contributed by atoms with van der Waals surface area (Å²) in [4.78, 5) is 0. The molecule has 0 aromatic heterocycles. The molecule has 0 saturated heterocycles. The molecule has 0 N–H and O–H groups in total. The van der Waals surface area contributed by atoms with E-state index in [9.17, 15) is 0 Å². The van der Waals surface area contributed by atoms with Gasteiger partial charge < -0.3 is 9.16 Å². The van der Waals surface area contributed by atoms with E-state index >= 15 is 0 Å². The first-order valence-corrected chi connectivity index (χ1v) is 10.2. The topological polar surface area (TPSA) is 18.5 Å². The third-order valence-electron chi connectivity index (χ3n) is 3.95. The molecule has 2 nitrogen and oxygen atoms in total. The van der Waals surface area contributed by atoms with E-state index in [1.807, 2.05) is 36.6 Å². The van der Waals surface area contributed by atoms with E-state index < -0.39 is 8.32 Å². The highest BCUT2D eigenvalue weighted by atomic mass is 28.4. The molecule has 112 valence electrons. The molecule has 1 aromatic carbocycles. The first-order valence-electron chi connectivity index (χ1n) is 7.67. The van der Waals surface area contributed by atoms with Crippen molar-refractivity contribution in [3.05, 3.63) is 42.2 Å². The Labute approximate surface area is 124 Å². The average Bonchev–Trinajstić information content (AvgIpc) is 2.50. The molecule has 0 aliphatic heterocycles. The number of hydrogen-bond donors (Lipinski definition) is 0. The molecule has 0 aliphatic rings. The molecule has 1 aromatic rings. The predicted molar refractivity (Wildman–Crippen MR) is 88.6 cm³/mol. The molecule has 0 amide bonds. The quantitative estimate of drug-likeness (QED) is 0.449. The summed E-state index contributed by atoms with van der Waals surface area (Å²) in [7, 11) is -1.50. The van der Waals surface area contributed by atoms with Gasteiger partial charge in [0.25, 0.3) is 0 Å². The molecule has 0 bridgehead atoms. The summed E-state index contributed by atoms with van der Waals surface area (Å²) in [6.45, 7) is 9.58. The Balaban J connectivity index is 2.38. The fraction of sp³-hybridized carbons (Fsp3) is 0.529. The normalized spacial score (nSPS) is 12.3. The van der Waals surface area contributed by atoms with Crippen molar-refractivity contribution < 1.29 is 9.16 Å². The lowest BCUT2D eigenvalue weighted by Gasteiger charge is -2.27. The minimum atomic E-state index is -1.50. The van der Waals surface area contributed by atoms with Gasteiger partial charge in [-0.05, 0) is 42.8 Å². The van der Waals surface area contributed by atoms with E-state index in [-0.39, 0.29) is 0 Å². The summed E-state index contributed by atoms with van der Waals surface area (Å²) in [5.74, 6) is 0.931. The summed E-state index contributed by atoms with van der Waals surface area (Å²) < 4.78 is 11.9. The maximum absolute atomic E-state index is 6.16. The Morgan fingerprint density at radius 3 is 2.20 bits per heavy atom. The number of para-hydroxylation sites is 1. The van der Waals surface area contributed by atoms with E-state index in [1.165, 1.54) is 23.7 Å². The van der Waals surface area contributed by atoms with Gasteiger partial charge in [0.1, 0.15) is 5.75 Å². The van der Waals surface area contributed by atoms with Crippen molar-refractivity contribution in [2.24, 2.45) is 0 Å². The van der Waals surface area contributed by atoms with Crippen molar-refractivity contribution in [2.45, 2.75) is 52.2 Å². The maximum atomic E-state index is 6.16. The Kier molecular flexibility index (Phi) is 7.45. The molecule has 0 spiro atoms. The molecule has 0 fully saturated rings. The van der Waals surface area contributed by atoms with Gasteiger partial charge in [0.05, 0.1) is 12.9 Å². The third-order valence-corrected chi connectivity index (χ3v) is 8.44. The molecule has 0 atom stereocenters. The second kappa shape index (κ2) is 8.85. The second-order valence-corrected chi connectivity index (χ2v) is 9.96. The lowest BCUT2D eigenvalue weighted by atomic mass is 10.2. The van der Waals surface area contributed by atoms with Crippen LogP contribution in [0.5, 0.6) is 5.75 Å². The van der Waals surface area contributed by atoms with Gasteiger partial charge in [0.15, 0.2) is 0 Å². The zero-order chi connectivity index (χ0) is 14.8. The summed E-state index contributed by atoms with van der Waals surface area (Å²) in [6.07, 6.45) is 2.90. The molecule has 0 unspecified atom stereocenters. The van der Waals surface area contributed by atoms with Crippen LogP contribution in [0, 0.1) is 0 Å². The van der Waals surface area contributed by atoms with Crippen LogP contribution in [0.3, 0.4) is 0 Å². The molecule has 0 aliphatic carbocycles. The van der Waals surface area contributed by atoms with Crippen molar-refractivity contribution in [2.75, 3.05) is 6.61 Å². The van der Waals surface area contributed by atoms with E-state index in [4.69, 9.17) is 9.16 Å². The van der Waals surface area contributed by atoms with E-state index in [2.05, 4.69) is 27.7 Å². The van der Waals surface area contributed by atoms with Crippen LogP contribution >= 0.6 is 0 Å². The fourth-order valence-electron chi connectivity index (χ4n) is 2.13. The number of ether oxygens (including phenoxy) is 1. The molecular weight excluding hydrogens is 264 g/mol. The number of hydrogen-bond acceptors (Lipinski definition) is 2. The molecule has 1 rings (SSSR count). The van der Waals surface area contributed by atoms with Gasteiger partial charge in [-0.3, -0.25) is 0 Å². The smallest absolute Gasteiger partial charge is 0.249 e. The van der Waals surface area contributed by atoms with Gasteiger partial charge in [-0.2, -0.15) is 0 Å². The summed E-state index contributed by atoms with van der Waals surface area (Å²) in [5, 5.41) is 0.